The lowest BCUT2D eigenvalue weighted by molar-refractivity contribution is -0.137. The first-order chi connectivity index (χ1) is 8.91. The molecule has 1 heterocycles. The molecule has 2 aromatic rings. The van der Waals surface area contributed by atoms with Crippen molar-refractivity contribution in [3.63, 3.8) is 0 Å². The van der Waals surface area contributed by atoms with Gasteiger partial charge in [-0.3, -0.25) is 0 Å². The van der Waals surface area contributed by atoms with Gasteiger partial charge in [0.15, 0.2) is 0 Å². The topological polar surface area (TPSA) is 43.8 Å². The van der Waals surface area contributed by atoms with E-state index >= 15 is 0 Å². The first-order valence-electron chi connectivity index (χ1n) is 5.53. The summed E-state index contributed by atoms with van der Waals surface area (Å²) in [5, 5.41) is 4.27. The van der Waals surface area contributed by atoms with Crippen LogP contribution in [-0.2, 0) is 12.6 Å². The summed E-state index contributed by atoms with van der Waals surface area (Å²) in [5.74, 6) is 0. The summed E-state index contributed by atoms with van der Waals surface area (Å²) in [6.45, 7) is 0.461. The highest BCUT2D eigenvalue weighted by Crippen LogP contribution is 2.29. The van der Waals surface area contributed by atoms with Gasteiger partial charge in [0.05, 0.1) is 21.4 Å². The van der Waals surface area contributed by atoms with Crippen molar-refractivity contribution in [1.29, 1.82) is 0 Å². The van der Waals surface area contributed by atoms with Crippen LogP contribution in [0.4, 0.5) is 13.2 Å². The molecular weight excluding hydrogens is 323 g/mol. The number of hydrogen-bond donors (Lipinski definition) is 1. The van der Waals surface area contributed by atoms with E-state index in [1.54, 1.807) is 6.20 Å². The van der Waals surface area contributed by atoms with Crippen molar-refractivity contribution in [1.82, 2.24) is 9.78 Å². The smallest absolute Gasteiger partial charge is 0.330 e. The van der Waals surface area contributed by atoms with E-state index in [0.717, 1.165) is 22.3 Å². The fraction of sp³-hybridized carbons (Fsp3) is 0.250. The molecule has 0 aliphatic carbocycles. The van der Waals surface area contributed by atoms with Gasteiger partial charge in [-0.25, -0.2) is 4.68 Å². The van der Waals surface area contributed by atoms with Crippen molar-refractivity contribution in [3.8, 4) is 5.69 Å². The predicted octanol–water partition coefficient (Wildman–Crippen LogP) is 3.15. The molecule has 0 saturated heterocycles. The van der Waals surface area contributed by atoms with Crippen molar-refractivity contribution in [2.24, 2.45) is 5.73 Å². The Bertz CT molecular complexity index is 561. The van der Waals surface area contributed by atoms with E-state index in [1.165, 1.54) is 16.8 Å². The second-order valence-electron chi connectivity index (χ2n) is 3.95. The Hall–Kier alpha value is -1.34. The number of rotatable bonds is 3. The number of aromatic nitrogens is 2. The van der Waals surface area contributed by atoms with Crippen LogP contribution in [0.3, 0.4) is 0 Å². The molecule has 0 unspecified atom stereocenters. The highest BCUT2D eigenvalue weighted by Gasteiger charge is 2.30. The first-order valence-corrected chi connectivity index (χ1v) is 6.33. The summed E-state index contributed by atoms with van der Waals surface area (Å²) < 4.78 is 39.7. The third kappa shape index (κ3) is 3.16. The molecular formula is C12H11BrF3N3. The highest BCUT2D eigenvalue weighted by atomic mass is 79.9. The van der Waals surface area contributed by atoms with Crippen LogP contribution in [0.1, 0.15) is 11.3 Å². The quantitative estimate of drug-likeness (QED) is 0.937. The summed E-state index contributed by atoms with van der Waals surface area (Å²) in [6.07, 6.45) is -2.02. The van der Waals surface area contributed by atoms with Crippen molar-refractivity contribution in [3.05, 3.63) is 46.2 Å². The molecule has 102 valence electrons. The summed E-state index contributed by atoms with van der Waals surface area (Å²) in [7, 11) is 0. The lowest BCUT2D eigenvalue weighted by Gasteiger charge is -2.07. The van der Waals surface area contributed by atoms with Crippen LogP contribution in [0.5, 0.6) is 0 Å². The van der Waals surface area contributed by atoms with Crippen molar-refractivity contribution in [2.75, 3.05) is 6.54 Å². The second-order valence-corrected chi connectivity index (χ2v) is 4.81. The number of halogens is 4. The maximum absolute atomic E-state index is 12.4. The largest absolute Gasteiger partial charge is 0.416 e. The zero-order chi connectivity index (χ0) is 14.0. The molecule has 0 fully saturated rings. The molecule has 0 spiro atoms. The SMILES string of the molecule is NCCc1nn(-c2ccc(C(F)(F)F)cc2)cc1Br. The standard InChI is InChI=1S/C12H11BrF3N3/c13-10-7-19(18-11(10)5-6-17)9-3-1-8(2-4-9)12(14,15)16/h1-4,7H,5-6,17H2. The molecule has 0 bridgehead atoms. The van der Waals surface area contributed by atoms with E-state index in [0.29, 0.717) is 18.7 Å². The maximum Gasteiger partial charge on any atom is 0.416 e. The summed E-state index contributed by atoms with van der Waals surface area (Å²) >= 11 is 3.34. The molecule has 0 amide bonds. The molecule has 0 atom stereocenters. The van der Waals surface area contributed by atoms with E-state index in [2.05, 4.69) is 21.0 Å². The fourth-order valence-electron chi connectivity index (χ4n) is 1.63. The van der Waals surface area contributed by atoms with E-state index in [1.807, 2.05) is 0 Å². The van der Waals surface area contributed by atoms with Gasteiger partial charge in [0.1, 0.15) is 0 Å². The summed E-state index contributed by atoms with van der Waals surface area (Å²) in [4.78, 5) is 0. The molecule has 1 aromatic heterocycles. The zero-order valence-electron chi connectivity index (χ0n) is 9.78. The van der Waals surface area contributed by atoms with Gasteiger partial charge in [0.2, 0.25) is 0 Å². The van der Waals surface area contributed by atoms with Gasteiger partial charge in [0.25, 0.3) is 0 Å². The van der Waals surface area contributed by atoms with Crippen LogP contribution in [-0.4, -0.2) is 16.3 Å². The predicted molar refractivity (Wildman–Crippen MR) is 69.0 cm³/mol. The molecule has 0 radical (unpaired) electrons. The Morgan fingerprint density at radius 3 is 2.37 bits per heavy atom. The van der Waals surface area contributed by atoms with Crippen molar-refractivity contribution in [2.45, 2.75) is 12.6 Å². The van der Waals surface area contributed by atoms with Gasteiger partial charge < -0.3 is 5.73 Å². The monoisotopic (exact) mass is 333 g/mol. The maximum atomic E-state index is 12.4. The molecule has 2 rings (SSSR count). The Balaban J connectivity index is 2.30. The van der Waals surface area contributed by atoms with Crippen LogP contribution >= 0.6 is 15.9 Å². The average Bonchev–Trinajstić information content (AvgIpc) is 2.71. The zero-order valence-corrected chi connectivity index (χ0v) is 11.4. The van der Waals surface area contributed by atoms with E-state index in [-0.39, 0.29) is 0 Å². The molecule has 0 aliphatic heterocycles. The van der Waals surface area contributed by atoms with Crippen molar-refractivity contribution >= 4 is 15.9 Å². The minimum atomic E-state index is -4.33. The number of nitrogens with zero attached hydrogens (tertiary/aromatic N) is 2. The van der Waals surface area contributed by atoms with Gasteiger partial charge in [-0.1, -0.05) is 0 Å². The molecule has 2 N–H and O–H groups in total. The first kappa shape index (κ1) is 14.1. The Kier molecular flexibility index (Phi) is 3.96. The third-order valence-corrected chi connectivity index (χ3v) is 3.24. The summed E-state index contributed by atoms with van der Waals surface area (Å²) in [5.41, 5.74) is 6.12. The van der Waals surface area contributed by atoms with Crippen LogP contribution in [0.2, 0.25) is 0 Å². The minimum absolute atomic E-state index is 0.461. The van der Waals surface area contributed by atoms with Gasteiger partial charge in [-0.15, -0.1) is 0 Å². The van der Waals surface area contributed by atoms with Crippen LogP contribution in [0, 0.1) is 0 Å². The van der Waals surface area contributed by atoms with Crippen molar-refractivity contribution < 1.29 is 13.2 Å². The number of hydrogen-bond acceptors (Lipinski definition) is 2. The molecule has 0 saturated carbocycles. The van der Waals surface area contributed by atoms with E-state index < -0.39 is 11.7 Å². The Morgan fingerprint density at radius 2 is 1.84 bits per heavy atom. The van der Waals surface area contributed by atoms with Gasteiger partial charge in [0, 0.05) is 12.6 Å². The van der Waals surface area contributed by atoms with E-state index in [4.69, 9.17) is 5.73 Å². The molecule has 3 nitrogen and oxygen atoms in total. The third-order valence-electron chi connectivity index (χ3n) is 2.58. The lowest BCUT2D eigenvalue weighted by Crippen LogP contribution is -2.06. The number of benzene rings is 1. The van der Waals surface area contributed by atoms with Gasteiger partial charge in [-0.05, 0) is 46.7 Å². The van der Waals surface area contributed by atoms with Crippen LogP contribution < -0.4 is 5.73 Å². The molecule has 1 aromatic carbocycles. The molecule has 0 aliphatic rings. The number of nitrogens with two attached hydrogens (primary N) is 1. The lowest BCUT2D eigenvalue weighted by atomic mass is 10.2. The van der Waals surface area contributed by atoms with Crippen LogP contribution in [0.15, 0.2) is 34.9 Å². The minimum Gasteiger partial charge on any atom is -0.330 e. The fourth-order valence-corrected chi connectivity index (χ4v) is 2.10. The summed E-state index contributed by atoms with van der Waals surface area (Å²) in [6, 6.07) is 4.84. The van der Waals surface area contributed by atoms with Crippen LogP contribution in [0.25, 0.3) is 5.69 Å². The highest BCUT2D eigenvalue weighted by molar-refractivity contribution is 9.10. The second kappa shape index (κ2) is 5.34. The number of alkyl halides is 3. The normalized spacial score (nSPS) is 11.8. The van der Waals surface area contributed by atoms with Gasteiger partial charge in [-0.2, -0.15) is 18.3 Å². The average molecular weight is 334 g/mol. The molecule has 7 heteroatoms. The Morgan fingerprint density at radius 1 is 1.21 bits per heavy atom. The van der Waals surface area contributed by atoms with E-state index in [9.17, 15) is 13.2 Å². The van der Waals surface area contributed by atoms with Gasteiger partial charge >= 0.3 is 6.18 Å². The Labute approximate surface area is 116 Å². The molecule has 19 heavy (non-hydrogen) atoms.